The lowest BCUT2D eigenvalue weighted by molar-refractivity contribution is -0.114. The van der Waals surface area contributed by atoms with Crippen molar-refractivity contribution in [2.75, 3.05) is 20.3 Å². The van der Waals surface area contributed by atoms with Crippen molar-refractivity contribution >= 4 is 55.7 Å². The molecule has 0 saturated carbocycles. The van der Waals surface area contributed by atoms with Gasteiger partial charge in [0.2, 0.25) is 5.17 Å². The summed E-state index contributed by atoms with van der Waals surface area (Å²) < 4.78 is 18.3. The molecule has 2 heterocycles. The number of amides is 1. The molecule has 2 aliphatic rings. The summed E-state index contributed by atoms with van der Waals surface area (Å²) in [6, 6.07) is 17.7. The smallest absolute Gasteiger partial charge is 0.283 e. The summed E-state index contributed by atoms with van der Waals surface area (Å²) in [5.41, 5.74) is 5.11. The molecule has 1 N–H and O–H groups in total. The number of thioether (sulfide) groups is 1. The second-order valence-corrected chi connectivity index (χ2v) is 12.0. The third kappa shape index (κ3) is 6.29. The van der Waals surface area contributed by atoms with Crippen molar-refractivity contribution in [1.29, 1.82) is 5.41 Å². The lowest BCUT2D eigenvalue weighted by Crippen LogP contribution is -2.35. The fourth-order valence-electron chi connectivity index (χ4n) is 4.47. The summed E-state index contributed by atoms with van der Waals surface area (Å²) >= 11 is 4.85. The van der Waals surface area contributed by atoms with Crippen molar-refractivity contribution < 1.29 is 19.0 Å². The number of benzene rings is 3. The van der Waals surface area contributed by atoms with Crippen molar-refractivity contribution in [1.82, 2.24) is 5.01 Å². The van der Waals surface area contributed by atoms with Crippen LogP contribution in [-0.2, 0) is 4.79 Å². The first-order valence-electron chi connectivity index (χ1n) is 13.5. The normalized spacial score (nSPS) is 15.6. The van der Waals surface area contributed by atoms with Gasteiger partial charge in [-0.2, -0.15) is 15.1 Å². The van der Waals surface area contributed by atoms with Gasteiger partial charge in [0, 0.05) is 5.56 Å². The molecule has 0 radical (unpaired) electrons. The number of rotatable bonds is 9. The number of hydrogen-bond acceptors (Lipinski definition) is 7. The number of carbonyl (C=O) groups excluding carboxylic acids is 1. The molecule has 0 atom stereocenters. The van der Waals surface area contributed by atoms with Crippen molar-refractivity contribution in [3.8, 4) is 17.2 Å². The molecule has 0 aliphatic carbocycles. The van der Waals surface area contributed by atoms with E-state index in [4.69, 9.17) is 19.6 Å². The lowest BCUT2D eigenvalue weighted by Gasteiger charge is -2.20. The predicted molar refractivity (Wildman–Crippen MR) is 172 cm³/mol. The quantitative estimate of drug-likeness (QED) is 0.193. The van der Waals surface area contributed by atoms with Crippen LogP contribution in [0.25, 0.3) is 6.08 Å². The Kier molecular flexibility index (Phi) is 8.84. The molecule has 216 valence electrons. The molecule has 0 spiro atoms. The topological polar surface area (TPSA) is 96.6 Å². The highest BCUT2D eigenvalue weighted by molar-refractivity contribution is 9.10. The van der Waals surface area contributed by atoms with Crippen LogP contribution in [0.15, 0.2) is 74.7 Å². The van der Waals surface area contributed by atoms with Crippen molar-refractivity contribution in [3.63, 3.8) is 0 Å². The number of ether oxygens (including phenoxy) is 3. The standard InChI is InChI=1S/C32H31BrN4O4S/c1-18(2)23-11-8-20(4)14-26(23)40-12-13-41-28-25(33)16-21(17-27(28)39-5)15-24-29(34)37-32(35-30(24)38)42-31(36-37)22-9-6-19(3)7-10-22/h6-11,14-18,34H,12-13H2,1-5H3/b24-15-,34-29?. The second kappa shape index (κ2) is 12.5. The Labute approximate surface area is 258 Å². The Morgan fingerprint density at radius 1 is 1.00 bits per heavy atom. The van der Waals surface area contributed by atoms with Crippen molar-refractivity contribution in [3.05, 3.63) is 92.5 Å². The Balaban J connectivity index is 1.31. The van der Waals surface area contributed by atoms with E-state index < -0.39 is 5.91 Å². The van der Waals surface area contributed by atoms with Crippen LogP contribution < -0.4 is 14.2 Å². The van der Waals surface area contributed by atoms with E-state index in [1.54, 1.807) is 19.3 Å². The number of amidine groups is 2. The van der Waals surface area contributed by atoms with Crippen LogP contribution >= 0.6 is 27.7 Å². The van der Waals surface area contributed by atoms with Gasteiger partial charge in [-0.3, -0.25) is 10.2 Å². The maximum atomic E-state index is 13.0. The van der Waals surface area contributed by atoms with E-state index in [0.29, 0.717) is 50.9 Å². The largest absolute Gasteiger partial charge is 0.493 e. The minimum Gasteiger partial charge on any atom is -0.493 e. The molecule has 0 saturated heterocycles. The molecule has 42 heavy (non-hydrogen) atoms. The number of aliphatic imine (C=N–C) groups is 1. The molecule has 3 aromatic rings. The number of halogens is 1. The van der Waals surface area contributed by atoms with E-state index in [-0.39, 0.29) is 11.4 Å². The first kappa shape index (κ1) is 29.6. The van der Waals surface area contributed by atoms with Crippen LogP contribution in [0.1, 0.15) is 47.6 Å². The molecule has 0 aromatic heterocycles. The Hall–Kier alpha value is -3.89. The van der Waals surface area contributed by atoms with E-state index in [9.17, 15) is 4.79 Å². The molecule has 5 rings (SSSR count). The molecule has 3 aromatic carbocycles. The van der Waals surface area contributed by atoms with Gasteiger partial charge in [0.25, 0.3) is 5.91 Å². The number of hydrazone groups is 1. The van der Waals surface area contributed by atoms with Crippen molar-refractivity contribution in [2.45, 2.75) is 33.6 Å². The van der Waals surface area contributed by atoms with Gasteiger partial charge in [-0.1, -0.05) is 55.8 Å². The SMILES string of the molecule is COc1cc(/C=C2/C(=N)N3N=C(c4ccc(C)cc4)SC3=NC2=O)cc(Br)c1OCCOc1cc(C)ccc1C(C)C. The highest BCUT2D eigenvalue weighted by Crippen LogP contribution is 2.38. The van der Waals surface area contributed by atoms with Crippen LogP contribution in [0, 0.1) is 19.3 Å². The zero-order chi connectivity index (χ0) is 30.0. The predicted octanol–water partition coefficient (Wildman–Crippen LogP) is 7.32. The van der Waals surface area contributed by atoms with Crippen LogP contribution in [0.5, 0.6) is 17.2 Å². The molecule has 0 unspecified atom stereocenters. The molecule has 2 aliphatic heterocycles. The number of hydrogen-bond donors (Lipinski definition) is 1. The highest BCUT2D eigenvalue weighted by atomic mass is 79.9. The van der Waals surface area contributed by atoms with Gasteiger partial charge in [-0.25, -0.2) is 0 Å². The fraction of sp³-hybridized carbons (Fsp3) is 0.250. The number of nitrogens with zero attached hydrogens (tertiary/aromatic N) is 3. The monoisotopic (exact) mass is 646 g/mol. The van der Waals surface area contributed by atoms with Crippen LogP contribution in [0.3, 0.4) is 0 Å². The second-order valence-electron chi connectivity index (χ2n) is 10.2. The molecule has 0 bridgehead atoms. The number of methoxy groups -OCH3 is 1. The molecule has 8 nitrogen and oxygen atoms in total. The number of carbonyl (C=O) groups is 1. The number of fused-ring (bicyclic) bond motifs is 1. The number of nitrogens with one attached hydrogen (secondary N) is 1. The van der Waals surface area contributed by atoms with Gasteiger partial charge in [0.1, 0.15) is 24.0 Å². The van der Waals surface area contributed by atoms with Crippen LogP contribution in [0.2, 0.25) is 0 Å². The average molecular weight is 648 g/mol. The lowest BCUT2D eigenvalue weighted by atomic mass is 10.0. The Morgan fingerprint density at radius 3 is 2.43 bits per heavy atom. The fourth-order valence-corrected chi connectivity index (χ4v) is 5.94. The number of aryl methyl sites for hydroxylation is 2. The summed E-state index contributed by atoms with van der Waals surface area (Å²) in [4.78, 5) is 17.2. The molecule has 0 fully saturated rings. The van der Waals surface area contributed by atoms with Gasteiger partial charge >= 0.3 is 0 Å². The minimum absolute atomic E-state index is 0.0379. The molecule has 10 heteroatoms. The Bertz CT molecular complexity index is 1650. The highest BCUT2D eigenvalue weighted by Gasteiger charge is 2.36. The summed E-state index contributed by atoms with van der Waals surface area (Å²) in [5.74, 6) is 1.67. The molecular formula is C32H31BrN4O4S. The summed E-state index contributed by atoms with van der Waals surface area (Å²) in [6.45, 7) is 8.99. The minimum atomic E-state index is -0.497. The zero-order valence-electron chi connectivity index (χ0n) is 24.0. The van der Waals surface area contributed by atoms with Gasteiger partial charge in [0.05, 0.1) is 17.2 Å². The summed E-state index contributed by atoms with van der Waals surface area (Å²) in [7, 11) is 1.55. The van der Waals surface area contributed by atoms with E-state index >= 15 is 0 Å². The first-order chi connectivity index (χ1) is 20.1. The summed E-state index contributed by atoms with van der Waals surface area (Å²) in [5, 5.41) is 15.7. The van der Waals surface area contributed by atoms with E-state index in [1.807, 2.05) is 50.2 Å². The van der Waals surface area contributed by atoms with Crippen LogP contribution in [-0.4, -0.2) is 47.3 Å². The Morgan fingerprint density at radius 2 is 1.71 bits per heavy atom. The average Bonchev–Trinajstić information content (AvgIpc) is 3.38. The van der Waals surface area contributed by atoms with Gasteiger partial charge < -0.3 is 14.2 Å². The third-order valence-electron chi connectivity index (χ3n) is 6.69. The van der Waals surface area contributed by atoms with Gasteiger partial charge in [-0.15, -0.1) is 0 Å². The molecule has 1 amide bonds. The van der Waals surface area contributed by atoms with Crippen molar-refractivity contribution in [2.24, 2.45) is 10.1 Å². The summed E-state index contributed by atoms with van der Waals surface area (Å²) in [6.07, 6.45) is 1.61. The maximum absolute atomic E-state index is 13.0. The van der Waals surface area contributed by atoms with E-state index in [2.05, 4.69) is 52.0 Å². The molecular weight excluding hydrogens is 616 g/mol. The van der Waals surface area contributed by atoms with Gasteiger partial charge in [-0.05, 0) is 88.4 Å². The zero-order valence-corrected chi connectivity index (χ0v) is 26.4. The third-order valence-corrected chi connectivity index (χ3v) is 8.24. The van der Waals surface area contributed by atoms with E-state index in [1.165, 1.54) is 16.8 Å². The van der Waals surface area contributed by atoms with Gasteiger partial charge in [0.15, 0.2) is 17.3 Å². The van der Waals surface area contributed by atoms with Crippen LogP contribution in [0.4, 0.5) is 0 Å². The first-order valence-corrected chi connectivity index (χ1v) is 15.1. The van der Waals surface area contributed by atoms with E-state index in [0.717, 1.165) is 28.0 Å². The maximum Gasteiger partial charge on any atom is 0.283 e.